The Labute approximate surface area is 206 Å². The van der Waals surface area contributed by atoms with Crippen molar-refractivity contribution in [3.05, 3.63) is 86.2 Å². The normalized spacial score (nSPS) is 13.4. The van der Waals surface area contributed by atoms with Crippen LogP contribution < -0.4 is 19.8 Å². The van der Waals surface area contributed by atoms with Gasteiger partial charge < -0.3 is 18.6 Å². The van der Waals surface area contributed by atoms with Crippen LogP contribution in [-0.4, -0.2) is 25.9 Å². The maximum Gasteiger partial charge on any atom is 0.344 e. The highest BCUT2D eigenvalue weighted by atomic mass is 35.5. The summed E-state index contributed by atoms with van der Waals surface area (Å²) in [6, 6.07) is 16.5. The minimum absolute atomic E-state index is 0.407. The molecule has 0 saturated carbocycles. The van der Waals surface area contributed by atoms with Crippen LogP contribution in [0.15, 0.2) is 63.8 Å². The molecule has 0 fully saturated rings. The van der Waals surface area contributed by atoms with Crippen molar-refractivity contribution in [2.45, 2.75) is 13.1 Å². The molecule has 0 bridgehead atoms. The number of benzene rings is 3. The quantitative estimate of drug-likeness (QED) is 0.308. The fourth-order valence-electron chi connectivity index (χ4n) is 4.15. The minimum Gasteiger partial charge on any atom is -0.497 e. The molecule has 0 radical (unpaired) electrons. The Morgan fingerprint density at radius 3 is 2.56 bits per heavy atom. The van der Waals surface area contributed by atoms with Gasteiger partial charge in [-0.05, 0) is 48.0 Å². The molecule has 2 heterocycles. The van der Waals surface area contributed by atoms with Gasteiger partial charge in [-0.15, -0.1) is 0 Å². The minimum atomic E-state index is -0.453. The Morgan fingerprint density at radius 1 is 0.941 bits per heavy atom. The summed E-state index contributed by atoms with van der Waals surface area (Å²) in [7, 11) is 3.13. The summed E-state index contributed by atoms with van der Waals surface area (Å²) in [6.07, 6.45) is 0. The maximum absolute atomic E-state index is 13.0. The number of fused-ring (bicyclic) bond motifs is 3. The van der Waals surface area contributed by atoms with Gasteiger partial charge in [0.1, 0.15) is 29.6 Å². The lowest BCUT2D eigenvalue weighted by atomic mass is 10.0. The Morgan fingerprint density at radius 2 is 1.79 bits per heavy atom. The molecule has 3 aromatic carbocycles. The third-order valence-electron chi connectivity index (χ3n) is 5.84. The number of hydrogen-bond acceptors (Lipinski definition) is 6. The molecule has 0 N–H and O–H groups in total. The van der Waals surface area contributed by atoms with Crippen molar-refractivity contribution < 1.29 is 18.6 Å². The van der Waals surface area contributed by atoms with Crippen molar-refractivity contribution in [3.63, 3.8) is 0 Å². The van der Waals surface area contributed by atoms with E-state index in [1.165, 1.54) is 0 Å². The Hall–Kier alpha value is -3.19. The summed E-state index contributed by atoms with van der Waals surface area (Å²) in [5.74, 6) is 1.87. The largest absolute Gasteiger partial charge is 0.497 e. The van der Waals surface area contributed by atoms with E-state index in [0.717, 1.165) is 16.5 Å². The predicted octanol–water partition coefficient (Wildman–Crippen LogP) is 6.14. The number of rotatable bonds is 5. The maximum atomic E-state index is 13.0. The SMILES string of the molecule is COc1ccc(-c2cc3ccc4c(c3oc2=O)CN(Cc2ccc(Cl)c(Cl)c2)CO4)c(OC)c1. The first kappa shape index (κ1) is 22.6. The third kappa shape index (κ3) is 4.20. The van der Waals surface area contributed by atoms with Crippen molar-refractivity contribution in [2.24, 2.45) is 0 Å². The van der Waals surface area contributed by atoms with Gasteiger partial charge in [-0.2, -0.15) is 0 Å². The number of hydrogen-bond donors (Lipinski definition) is 0. The van der Waals surface area contributed by atoms with Gasteiger partial charge in [-0.1, -0.05) is 29.3 Å². The topological polar surface area (TPSA) is 61.1 Å². The number of nitrogens with zero attached hydrogens (tertiary/aromatic N) is 1. The first-order chi connectivity index (χ1) is 16.5. The van der Waals surface area contributed by atoms with E-state index in [4.69, 9.17) is 41.8 Å². The van der Waals surface area contributed by atoms with Crippen LogP contribution in [0.3, 0.4) is 0 Å². The van der Waals surface area contributed by atoms with Crippen LogP contribution in [0.4, 0.5) is 0 Å². The molecule has 0 aliphatic carbocycles. The van der Waals surface area contributed by atoms with E-state index in [0.29, 0.717) is 63.8 Å². The Balaban J connectivity index is 1.51. The molecule has 34 heavy (non-hydrogen) atoms. The zero-order valence-corrected chi connectivity index (χ0v) is 20.1. The van der Waals surface area contributed by atoms with Gasteiger partial charge in [0.25, 0.3) is 0 Å². The van der Waals surface area contributed by atoms with Crippen molar-refractivity contribution in [2.75, 3.05) is 21.0 Å². The Bertz CT molecular complexity index is 1450. The molecule has 0 unspecified atom stereocenters. The molecule has 6 nitrogen and oxygen atoms in total. The second kappa shape index (κ2) is 9.22. The van der Waals surface area contributed by atoms with Gasteiger partial charge >= 0.3 is 5.63 Å². The van der Waals surface area contributed by atoms with Gasteiger partial charge in [-0.25, -0.2) is 4.79 Å². The molecule has 4 aromatic rings. The molecule has 0 spiro atoms. The number of methoxy groups -OCH3 is 2. The Kier molecular flexibility index (Phi) is 6.13. The summed E-state index contributed by atoms with van der Waals surface area (Å²) in [6.45, 7) is 1.57. The third-order valence-corrected chi connectivity index (χ3v) is 6.57. The average Bonchev–Trinajstić information content (AvgIpc) is 2.85. The van der Waals surface area contributed by atoms with E-state index in [1.807, 2.05) is 30.3 Å². The van der Waals surface area contributed by atoms with Gasteiger partial charge in [0.15, 0.2) is 0 Å². The zero-order chi connectivity index (χ0) is 23.8. The van der Waals surface area contributed by atoms with E-state index in [2.05, 4.69) is 4.90 Å². The predicted molar refractivity (Wildman–Crippen MR) is 132 cm³/mol. The van der Waals surface area contributed by atoms with E-state index >= 15 is 0 Å². The van der Waals surface area contributed by atoms with Crippen molar-refractivity contribution >= 4 is 34.2 Å². The highest BCUT2D eigenvalue weighted by Crippen LogP contribution is 2.36. The molecule has 1 aliphatic rings. The van der Waals surface area contributed by atoms with Crippen LogP contribution in [0, 0.1) is 0 Å². The molecule has 1 aromatic heterocycles. The van der Waals surface area contributed by atoms with E-state index in [1.54, 1.807) is 38.5 Å². The van der Waals surface area contributed by atoms with E-state index < -0.39 is 5.63 Å². The van der Waals surface area contributed by atoms with E-state index in [9.17, 15) is 4.79 Å². The van der Waals surface area contributed by atoms with Crippen LogP contribution in [-0.2, 0) is 13.1 Å². The lowest BCUT2D eigenvalue weighted by molar-refractivity contribution is 0.0890. The highest BCUT2D eigenvalue weighted by molar-refractivity contribution is 6.42. The van der Waals surface area contributed by atoms with Crippen LogP contribution >= 0.6 is 23.2 Å². The van der Waals surface area contributed by atoms with E-state index in [-0.39, 0.29) is 0 Å². The molecule has 0 atom stereocenters. The lowest BCUT2D eigenvalue weighted by Crippen LogP contribution is -2.31. The first-order valence-corrected chi connectivity index (χ1v) is 11.3. The number of halogens is 2. The molecule has 8 heteroatoms. The average molecular weight is 498 g/mol. The molecular weight excluding hydrogens is 477 g/mol. The van der Waals surface area contributed by atoms with Crippen LogP contribution in [0.1, 0.15) is 11.1 Å². The zero-order valence-electron chi connectivity index (χ0n) is 18.6. The van der Waals surface area contributed by atoms with Gasteiger partial charge in [0.05, 0.1) is 35.4 Å². The number of ether oxygens (including phenoxy) is 3. The van der Waals surface area contributed by atoms with Crippen molar-refractivity contribution in [3.8, 4) is 28.4 Å². The van der Waals surface area contributed by atoms with Gasteiger partial charge in [0, 0.05) is 30.1 Å². The van der Waals surface area contributed by atoms with Crippen molar-refractivity contribution in [1.82, 2.24) is 4.90 Å². The molecule has 0 amide bonds. The van der Waals surface area contributed by atoms with Gasteiger partial charge in [0.2, 0.25) is 0 Å². The lowest BCUT2D eigenvalue weighted by Gasteiger charge is -2.29. The second-order valence-electron chi connectivity index (χ2n) is 7.98. The molecule has 5 rings (SSSR count). The standard InChI is InChI=1S/C26H21Cl2NO5/c1-31-17-5-6-18(24(11-17)32-2)19-10-16-4-8-23-20(25(16)34-26(19)30)13-29(14-33-23)12-15-3-7-21(27)22(28)9-15/h3-11H,12-14H2,1-2H3. The van der Waals surface area contributed by atoms with Crippen LogP contribution in [0.25, 0.3) is 22.1 Å². The smallest absolute Gasteiger partial charge is 0.344 e. The first-order valence-electron chi connectivity index (χ1n) is 10.6. The molecule has 174 valence electrons. The van der Waals surface area contributed by atoms with Crippen LogP contribution in [0.5, 0.6) is 17.2 Å². The molecular formula is C26H21Cl2NO5. The summed E-state index contributed by atoms with van der Waals surface area (Å²) in [4.78, 5) is 15.1. The fraction of sp³-hybridized carbons (Fsp3) is 0.192. The van der Waals surface area contributed by atoms with Crippen LogP contribution in [0.2, 0.25) is 10.0 Å². The highest BCUT2D eigenvalue weighted by Gasteiger charge is 2.23. The monoisotopic (exact) mass is 497 g/mol. The molecule has 1 aliphatic heterocycles. The summed E-state index contributed by atoms with van der Waals surface area (Å²) < 4.78 is 22.5. The summed E-state index contributed by atoms with van der Waals surface area (Å²) in [5, 5.41) is 1.82. The van der Waals surface area contributed by atoms with Gasteiger partial charge in [-0.3, -0.25) is 4.90 Å². The summed E-state index contributed by atoms with van der Waals surface area (Å²) in [5.41, 5.74) is 2.94. The molecule has 0 saturated heterocycles. The second-order valence-corrected chi connectivity index (χ2v) is 8.80. The van der Waals surface area contributed by atoms with Crippen molar-refractivity contribution in [1.29, 1.82) is 0 Å². The summed E-state index contributed by atoms with van der Waals surface area (Å²) >= 11 is 12.2. The fourth-order valence-corrected chi connectivity index (χ4v) is 4.47.